The Bertz CT molecular complexity index is 971. The lowest BCUT2D eigenvalue weighted by Crippen LogP contribution is -2.29. The molecule has 1 aliphatic heterocycles. The molecule has 1 N–H and O–H groups in total. The van der Waals surface area contributed by atoms with Crippen molar-refractivity contribution in [1.29, 1.82) is 0 Å². The van der Waals surface area contributed by atoms with Gasteiger partial charge in [0.05, 0.1) is 19.6 Å². The van der Waals surface area contributed by atoms with E-state index in [9.17, 15) is 9.18 Å². The smallest absolute Gasteiger partial charge is 0.229 e. The third-order valence-corrected chi connectivity index (χ3v) is 4.38. The van der Waals surface area contributed by atoms with Crippen molar-refractivity contribution in [3.8, 4) is 11.5 Å². The molecule has 0 radical (unpaired) electrons. The Hall–Kier alpha value is -3.42. The van der Waals surface area contributed by atoms with Crippen LogP contribution >= 0.6 is 0 Å². The second-order valence-corrected chi connectivity index (χ2v) is 6.09. The van der Waals surface area contributed by atoms with Crippen molar-refractivity contribution in [3.63, 3.8) is 0 Å². The number of rotatable bonds is 5. The number of carbonyl (C=O) groups is 1. The number of anilines is 1. The number of nitrogens with zero attached hydrogens (tertiary/aromatic N) is 3. The SMILES string of the molecule is COc1cccc([C@H]2CC(=O)Nc3ncnn32)c1OCc1ccc(F)cc1. The molecule has 4 rings (SSSR count). The van der Waals surface area contributed by atoms with E-state index in [1.54, 1.807) is 30.0 Å². The van der Waals surface area contributed by atoms with E-state index in [2.05, 4.69) is 15.4 Å². The van der Waals surface area contributed by atoms with Gasteiger partial charge in [-0.3, -0.25) is 10.1 Å². The normalized spacial score (nSPS) is 15.8. The highest BCUT2D eigenvalue weighted by Gasteiger charge is 2.30. The summed E-state index contributed by atoms with van der Waals surface area (Å²) < 4.78 is 26.2. The second kappa shape index (κ2) is 7.06. The first kappa shape index (κ1) is 17.0. The van der Waals surface area contributed by atoms with E-state index < -0.39 is 0 Å². The van der Waals surface area contributed by atoms with E-state index in [1.807, 2.05) is 12.1 Å². The Kier molecular flexibility index (Phi) is 4.45. The van der Waals surface area contributed by atoms with Gasteiger partial charge in [0.25, 0.3) is 0 Å². The quantitative estimate of drug-likeness (QED) is 0.749. The van der Waals surface area contributed by atoms with Gasteiger partial charge in [0.2, 0.25) is 11.9 Å². The molecule has 138 valence electrons. The highest BCUT2D eigenvalue weighted by atomic mass is 19.1. The molecule has 7 nitrogen and oxygen atoms in total. The summed E-state index contributed by atoms with van der Waals surface area (Å²) in [6, 6.07) is 11.2. The number of hydrogen-bond acceptors (Lipinski definition) is 5. The molecular formula is C19H17FN4O3. The number of ether oxygens (including phenoxy) is 2. The van der Waals surface area contributed by atoms with E-state index in [4.69, 9.17) is 9.47 Å². The molecule has 1 amide bonds. The molecule has 8 heteroatoms. The number of para-hydroxylation sites is 1. The first-order valence-corrected chi connectivity index (χ1v) is 8.39. The largest absolute Gasteiger partial charge is 0.493 e. The summed E-state index contributed by atoms with van der Waals surface area (Å²) in [6.45, 7) is 0.233. The molecule has 0 spiro atoms. The molecular weight excluding hydrogens is 351 g/mol. The lowest BCUT2D eigenvalue weighted by atomic mass is 10.0. The number of amides is 1. The first-order valence-electron chi connectivity index (χ1n) is 8.39. The fourth-order valence-corrected chi connectivity index (χ4v) is 3.09. The second-order valence-electron chi connectivity index (χ2n) is 6.09. The summed E-state index contributed by atoms with van der Waals surface area (Å²) >= 11 is 0. The summed E-state index contributed by atoms with van der Waals surface area (Å²) in [7, 11) is 1.55. The monoisotopic (exact) mass is 368 g/mol. The van der Waals surface area contributed by atoms with Crippen LogP contribution in [0.4, 0.5) is 10.3 Å². The molecule has 1 aromatic heterocycles. The van der Waals surface area contributed by atoms with Crippen LogP contribution in [0, 0.1) is 5.82 Å². The number of aromatic nitrogens is 3. The molecule has 0 bridgehead atoms. The highest BCUT2D eigenvalue weighted by Crippen LogP contribution is 2.40. The average Bonchev–Trinajstić information content (AvgIpc) is 3.15. The Balaban J connectivity index is 1.69. The van der Waals surface area contributed by atoms with Gasteiger partial charge in [-0.25, -0.2) is 9.07 Å². The van der Waals surface area contributed by atoms with E-state index in [-0.39, 0.29) is 30.8 Å². The molecule has 0 unspecified atom stereocenters. The first-order chi connectivity index (χ1) is 13.2. The Morgan fingerprint density at radius 2 is 2.07 bits per heavy atom. The van der Waals surface area contributed by atoms with Gasteiger partial charge >= 0.3 is 0 Å². The molecule has 1 aliphatic rings. The molecule has 2 aromatic carbocycles. The van der Waals surface area contributed by atoms with Crippen LogP contribution in [0.1, 0.15) is 23.6 Å². The minimum absolute atomic E-state index is 0.146. The van der Waals surface area contributed by atoms with Crippen molar-refractivity contribution in [1.82, 2.24) is 14.8 Å². The third kappa shape index (κ3) is 3.33. The number of hydrogen-bond donors (Lipinski definition) is 1. The lowest BCUT2D eigenvalue weighted by Gasteiger charge is -2.26. The van der Waals surface area contributed by atoms with Crippen LogP contribution in [0.5, 0.6) is 11.5 Å². The maximum absolute atomic E-state index is 13.1. The van der Waals surface area contributed by atoms with Crippen LogP contribution < -0.4 is 14.8 Å². The Labute approximate surface area is 154 Å². The number of halogens is 1. The van der Waals surface area contributed by atoms with Gasteiger partial charge in [-0.1, -0.05) is 24.3 Å². The van der Waals surface area contributed by atoms with Crippen LogP contribution in [-0.4, -0.2) is 27.8 Å². The molecule has 0 aliphatic carbocycles. The third-order valence-electron chi connectivity index (χ3n) is 4.38. The van der Waals surface area contributed by atoms with E-state index in [1.165, 1.54) is 18.5 Å². The molecule has 2 heterocycles. The van der Waals surface area contributed by atoms with Crippen molar-refractivity contribution in [2.75, 3.05) is 12.4 Å². The fourth-order valence-electron chi connectivity index (χ4n) is 3.09. The van der Waals surface area contributed by atoms with Crippen LogP contribution in [0.15, 0.2) is 48.8 Å². The minimum atomic E-state index is -0.366. The predicted octanol–water partition coefficient (Wildman–Crippen LogP) is 2.94. The van der Waals surface area contributed by atoms with Crippen molar-refractivity contribution >= 4 is 11.9 Å². The molecule has 0 saturated heterocycles. The summed E-state index contributed by atoms with van der Waals surface area (Å²) in [5, 5.41) is 6.92. The number of fused-ring (bicyclic) bond motifs is 1. The number of benzene rings is 2. The highest BCUT2D eigenvalue weighted by molar-refractivity contribution is 5.91. The molecule has 3 aromatic rings. The molecule has 0 fully saturated rings. The van der Waals surface area contributed by atoms with Gasteiger partial charge in [0, 0.05) is 5.56 Å². The van der Waals surface area contributed by atoms with Gasteiger partial charge < -0.3 is 9.47 Å². The predicted molar refractivity (Wildman–Crippen MR) is 95.1 cm³/mol. The van der Waals surface area contributed by atoms with Gasteiger partial charge in [0.15, 0.2) is 11.5 Å². The number of nitrogens with one attached hydrogen (secondary N) is 1. The van der Waals surface area contributed by atoms with Crippen LogP contribution in [0.3, 0.4) is 0 Å². The summed E-state index contributed by atoms with van der Waals surface area (Å²) in [5.74, 6) is 1.01. The molecule has 0 saturated carbocycles. The van der Waals surface area contributed by atoms with Crippen molar-refractivity contribution in [3.05, 3.63) is 65.7 Å². The van der Waals surface area contributed by atoms with Crippen molar-refractivity contribution in [2.45, 2.75) is 19.1 Å². The van der Waals surface area contributed by atoms with Gasteiger partial charge in [-0.05, 0) is 23.8 Å². The van der Waals surface area contributed by atoms with E-state index in [0.29, 0.717) is 17.4 Å². The van der Waals surface area contributed by atoms with Crippen molar-refractivity contribution in [2.24, 2.45) is 0 Å². The van der Waals surface area contributed by atoms with E-state index >= 15 is 0 Å². The van der Waals surface area contributed by atoms with Gasteiger partial charge in [-0.2, -0.15) is 10.1 Å². The zero-order valence-electron chi connectivity index (χ0n) is 14.6. The number of methoxy groups -OCH3 is 1. The van der Waals surface area contributed by atoms with Crippen LogP contribution in [0.2, 0.25) is 0 Å². The van der Waals surface area contributed by atoms with Crippen LogP contribution in [0.25, 0.3) is 0 Å². The van der Waals surface area contributed by atoms with Gasteiger partial charge in [0.1, 0.15) is 18.8 Å². The summed E-state index contributed by atoms with van der Waals surface area (Å²) in [5.41, 5.74) is 1.58. The Morgan fingerprint density at radius 1 is 1.26 bits per heavy atom. The Morgan fingerprint density at radius 3 is 2.85 bits per heavy atom. The molecule has 27 heavy (non-hydrogen) atoms. The lowest BCUT2D eigenvalue weighted by molar-refractivity contribution is -0.117. The fraction of sp³-hybridized carbons (Fsp3) is 0.211. The summed E-state index contributed by atoms with van der Waals surface area (Å²) in [6.07, 6.45) is 1.60. The van der Waals surface area contributed by atoms with Gasteiger partial charge in [-0.15, -0.1) is 0 Å². The maximum atomic E-state index is 13.1. The van der Waals surface area contributed by atoms with Crippen LogP contribution in [-0.2, 0) is 11.4 Å². The minimum Gasteiger partial charge on any atom is -0.493 e. The number of carbonyl (C=O) groups excluding carboxylic acids is 1. The average molecular weight is 368 g/mol. The summed E-state index contributed by atoms with van der Waals surface area (Å²) in [4.78, 5) is 16.2. The zero-order chi connectivity index (χ0) is 18.8. The van der Waals surface area contributed by atoms with E-state index in [0.717, 1.165) is 11.1 Å². The zero-order valence-corrected chi connectivity index (χ0v) is 14.6. The van der Waals surface area contributed by atoms with Crippen molar-refractivity contribution < 1.29 is 18.7 Å². The topological polar surface area (TPSA) is 78.3 Å². The maximum Gasteiger partial charge on any atom is 0.229 e. The molecule has 1 atom stereocenters. The standard InChI is InChI=1S/C19H17FN4O3/c1-26-16-4-2-3-14(15-9-17(25)23-19-21-11-22-24(15)19)18(16)27-10-12-5-7-13(20)8-6-12/h2-8,11,15H,9-10H2,1H3,(H,21,22,23,25)/t15-/m1/s1.